The van der Waals surface area contributed by atoms with Crippen LogP contribution in [0.1, 0.15) is 12.5 Å². The Morgan fingerprint density at radius 3 is 2.60 bits per heavy atom. The first-order valence-electron chi connectivity index (χ1n) is 6.25. The van der Waals surface area contributed by atoms with E-state index in [0.29, 0.717) is 18.9 Å². The number of nitrogens with one attached hydrogen (secondary N) is 2. The van der Waals surface area contributed by atoms with Gasteiger partial charge in [-0.2, -0.15) is 5.10 Å². The molecular weight excluding hydrogens is 262 g/mol. The van der Waals surface area contributed by atoms with Crippen LogP contribution in [0.3, 0.4) is 0 Å². The highest BCUT2D eigenvalue weighted by Gasteiger charge is 2.43. The number of ether oxygens (including phenoxy) is 1. The van der Waals surface area contributed by atoms with Gasteiger partial charge < -0.3 is 15.0 Å². The average Bonchev–Trinajstić information content (AvgIpc) is 2.63. The van der Waals surface area contributed by atoms with Crippen molar-refractivity contribution in [2.24, 2.45) is 7.05 Å². The van der Waals surface area contributed by atoms with Gasteiger partial charge in [-0.25, -0.2) is 9.59 Å². The summed E-state index contributed by atoms with van der Waals surface area (Å²) in [5, 5.41) is 9.68. The Hall–Kier alpha value is -2.25. The number of aromatic nitrogens is 2. The van der Waals surface area contributed by atoms with Crippen molar-refractivity contribution in [3.05, 3.63) is 11.8 Å². The molecule has 1 aliphatic rings. The van der Waals surface area contributed by atoms with Crippen molar-refractivity contribution in [1.29, 1.82) is 0 Å². The molecule has 3 amide bonds. The second-order valence-corrected chi connectivity index (χ2v) is 5.30. The molecule has 0 unspecified atom stereocenters. The number of anilines is 1. The minimum absolute atomic E-state index is 0.334. The number of hydrogen-bond donors (Lipinski definition) is 2. The van der Waals surface area contributed by atoms with E-state index in [4.69, 9.17) is 0 Å². The summed E-state index contributed by atoms with van der Waals surface area (Å²) in [5.41, 5.74) is 0.443. The van der Waals surface area contributed by atoms with E-state index >= 15 is 0 Å². The highest BCUT2D eigenvalue weighted by Crippen LogP contribution is 2.21. The number of carbonyl (C=O) groups excluding carboxylic acids is 2. The summed E-state index contributed by atoms with van der Waals surface area (Å²) in [6, 6.07) is -0.334. The zero-order chi connectivity index (χ0) is 14.9. The lowest BCUT2D eigenvalue weighted by Crippen LogP contribution is -2.70. The molecule has 8 nitrogen and oxygen atoms in total. The van der Waals surface area contributed by atoms with Crippen molar-refractivity contribution < 1.29 is 14.3 Å². The van der Waals surface area contributed by atoms with Crippen LogP contribution in [-0.2, 0) is 11.8 Å². The van der Waals surface area contributed by atoms with Crippen LogP contribution in [0.5, 0.6) is 0 Å². The Bertz CT molecular complexity index is 533. The van der Waals surface area contributed by atoms with Crippen molar-refractivity contribution in [2.45, 2.75) is 19.4 Å². The summed E-state index contributed by atoms with van der Waals surface area (Å²) in [7, 11) is 3.12. The van der Waals surface area contributed by atoms with Crippen LogP contribution >= 0.6 is 0 Å². The number of carbonyl (C=O) groups is 2. The Labute approximate surface area is 117 Å². The van der Waals surface area contributed by atoms with Crippen LogP contribution in [0.4, 0.5) is 15.4 Å². The number of aryl methyl sites for hydroxylation is 2. The van der Waals surface area contributed by atoms with E-state index in [0.717, 1.165) is 5.56 Å². The van der Waals surface area contributed by atoms with Crippen molar-refractivity contribution in [1.82, 2.24) is 20.0 Å². The SMILES string of the molecule is COC(=O)N1CC(C)(NC(=O)Nc2nn(C)cc2C)C1. The van der Waals surface area contributed by atoms with Crippen molar-refractivity contribution in [3.63, 3.8) is 0 Å². The van der Waals surface area contributed by atoms with Crippen molar-refractivity contribution >= 4 is 17.9 Å². The van der Waals surface area contributed by atoms with Crippen LogP contribution < -0.4 is 10.6 Å². The summed E-state index contributed by atoms with van der Waals surface area (Å²) in [6.07, 6.45) is 1.44. The van der Waals surface area contributed by atoms with Gasteiger partial charge >= 0.3 is 12.1 Å². The fraction of sp³-hybridized carbons (Fsp3) is 0.583. The molecule has 110 valence electrons. The molecule has 2 N–H and O–H groups in total. The number of amides is 3. The molecule has 0 bridgehead atoms. The first kappa shape index (κ1) is 14.2. The number of methoxy groups -OCH3 is 1. The molecule has 8 heteroatoms. The summed E-state index contributed by atoms with van der Waals surface area (Å²) in [5.74, 6) is 0.526. The average molecular weight is 281 g/mol. The summed E-state index contributed by atoms with van der Waals surface area (Å²) in [4.78, 5) is 24.7. The summed E-state index contributed by atoms with van der Waals surface area (Å²) in [6.45, 7) is 4.59. The highest BCUT2D eigenvalue weighted by molar-refractivity contribution is 5.89. The molecule has 1 aromatic heterocycles. The molecule has 20 heavy (non-hydrogen) atoms. The standard InChI is InChI=1S/C12H19N5O3/c1-8-5-16(3)15-9(8)13-10(18)14-12(2)6-17(7-12)11(19)20-4/h5H,6-7H2,1-4H3,(H2,13,14,15,18). The molecule has 2 heterocycles. The third kappa shape index (κ3) is 2.84. The molecular formula is C12H19N5O3. The molecule has 1 aliphatic heterocycles. The van der Waals surface area contributed by atoms with Crippen molar-refractivity contribution in [3.8, 4) is 0 Å². The van der Waals surface area contributed by atoms with Crippen LogP contribution in [-0.4, -0.2) is 52.5 Å². The molecule has 0 atom stereocenters. The van der Waals surface area contributed by atoms with Gasteiger partial charge in [-0.15, -0.1) is 0 Å². The molecule has 0 aromatic carbocycles. The molecule has 1 fully saturated rings. The molecule has 0 saturated carbocycles. The molecule has 2 rings (SSSR count). The number of rotatable bonds is 2. The van der Waals surface area contributed by atoms with E-state index in [9.17, 15) is 9.59 Å². The fourth-order valence-electron chi connectivity index (χ4n) is 2.28. The van der Waals surface area contributed by atoms with Crippen LogP contribution in [0.15, 0.2) is 6.20 Å². The van der Waals surface area contributed by atoms with Gasteiger partial charge in [0.05, 0.1) is 12.6 Å². The van der Waals surface area contributed by atoms with Gasteiger partial charge in [-0.1, -0.05) is 0 Å². The molecule has 1 aromatic rings. The summed E-state index contributed by atoms with van der Waals surface area (Å²) < 4.78 is 6.25. The highest BCUT2D eigenvalue weighted by atomic mass is 16.5. The predicted molar refractivity (Wildman–Crippen MR) is 72.5 cm³/mol. The zero-order valence-corrected chi connectivity index (χ0v) is 12.1. The quantitative estimate of drug-likeness (QED) is 0.834. The Balaban J connectivity index is 1.87. The van der Waals surface area contributed by atoms with Crippen LogP contribution in [0.2, 0.25) is 0 Å². The van der Waals surface area contributed by atoms with E-state index < -0.39 is 5.54 Å². The number of hydrogen-bond acceptors (Lipinski definition) is 4. The van der Waals surface area contributed by atoms with E-state index in [1.165, 1.54) is 12.0 Å². The maximum atomic E-state index is 11.9. The van der Waals surface area contributed by atoms with Gasteiger partial charge in [0.2, 0.25) is 0 Å². The Kier molecular flexibility index (Phi) is 3.56. The van der Waals surface area contributed by atoms with E-state index in [1.54, 1.807) is 11.7 Å². The molecule has 0 radical (unpaired) electrons. The van der Waals surface area contributed by atoms with Crippen LogP contribution in [0, 0.1) is 6.92 Å². The summed E-state index contributed by atoms with van der Waals surface area (Å²) >= 11 is 0. The first-order valence-corrected chi connectivity index (χ1v) is 6.25. The normalized spacial score (nSPS) is 16.3. The lowest BCUT2D eigenvalue weighted by molar-refractivity contribution is 0.0476. The molecule has 1 saturated heterocycles. The van der Waals surface area contributed by atoms with Gasteiger partial charge in [-0.3, -0.25) is 10.00 Å². The fourth-order valence-corrected chi connectivity index (χ4v) is 2.28. The molecule has 0 aliphatic carbocycles. The van der Waals surface area contributed by atoms with E-state index in [-0.39, 0.29) is 12.1 Å². The maximum absolute atomic E-state index is 11.9. The van der Waals surface area contributed by atoms with E-state index in [1.807, 2.05) is 20.0 Å². The second kappa shape index (κ2) is 5.03. The Morgan fingerprint density at radius 1 is 1.45 bits per heavy atom. The maximum Gasteiger partial charge on any atom is 0.409 e. The third-order valence-corrected chi connectivity index (χ3v) is 3.17. The topological polar surface area (TPSA) is 88.5 Å². The third-order valence-electron chi connectivity index (χ3n) is 3.17. The van der Waals surface area contributed by atoms with Gasteiger partial charge in [0.1, 0.15) is 0 Å². The largest absolute Gasteiger partial charge is 0.453 e. The van der Waals surface area contributed by atoms with Gasteiger partial charge in [0, 0.05) is 31.9 Å². The van der Waals surface area contributed by atoms with Gasteiger partial charge in [0.25, 0.3) is 0 Å². The smallest absolute Gasteiger partial charge is 0.409 e. The Morgan fingerprint density at radius 2 is 2.10 bits per heavy atom. The van der Waals surface area contributed by atoms with E-state index in [2.05, 4.69) is 20.5 Å². The number of likely N-dealkylation sites (tertiary alicyclic amines) is 1. The first-order chi connectivity index (χ1) is 9.33. The second-order valence-electron chi connectivity index (χ2n) is 5.30. The minimum Gasteiger partial charge on any atom is -0.453 e. The predicted octanol–water partition coefficient (Wildman–Crippen LogP) is 0.691. The minimum atomic E-state index is -0.443. The lowest BCUT2D eigenvalue weighted by atomic mass is 9.93. The van der Waals surface area contributed by atoms with Crippen molar-refractivity contribution in [2.75, 3.05) is 25.5 Å². The number of nitrogens with zero attached hydrogens (tertiary/aromatic N) is 3. The monoisotopic (exact) mass is 281 g/mol. The number of urea groups is 1. The zero-order valence-electron chi connectivity index (χ0n) is 12.1. The van der Waals surface area contributed by atoms with Gasteiger partial charge in [-0.05, 0) is 13.8 Å². The molecule has 0 spiro atoms. The van der Waals surface area contributed by atoms with Gasteiger partial charge in [0.15, 0.2) is 5.82 Å². The van der Waals surface area contributed by atoms with Crippen LogP contribution in [0.25, 0.3) is 0 Å². The lowest BCUT2D eigenvalue weighted by Gasteiger charge is -2.47.